The van der Waals surface area contributed by atoms with Crippen LogP contribution in [0.1, 0.15) is 12.8 Å². The Morgan fingerprint density at radius 1 is 0.952 bits per heavy atom. The first-order chi connectivity index (χ1) is 7.48. The number of carbonyl (C=O) groups excluding carboxylic acids is 3. The molecule has 10 nitrogen and oxygen atoms in total. The van der Waals surface area contributed by atoms with Crippen molar-refractivity contribution in [1.29, 1.82) is 0 Å². The van der Waals surface area contributed by atoms with Crippen molar-refractivity contribution < 1.29 is 154 Å². The molecular weight excluding hydrogens is 388 g/mol. The third-order valence-electron chi connectivity index (χ3n) is 1.53. The van der Waals surface area contributed by atoms with E-state index in [0.29, 0.717) is 0 Å². The van der Waals surface area contributed by atoms with Crippen LogP contribution in [0, 0.1) is 0 Å². The van der Waals surface area contributed by atoms with Crippen molar-refractivity contribution in [1.82, 2.24) is 0 Å². The van der Waals surface area contributed by atoms with Gasteiger partial charge in [0.15, 0.2) is 0 Å². The number of hydrogen-bond donors (Lipinski definition) is 2. The largest absolute Gasteiger partial charge is 1.00 e. The second kappa shape index (κ2) is 14.4. The van der Waals surface area contributed by atoms with Crippen LogP contribution < -0.4 is 104 Å². The van der Waals surface area contributed by atoms with Gasteiger partial charge < -0.3 is 39.5 Å². The molecule has 2 N–H and O–H groups in total. The fraction of sp³-hybridized carbons (Fsp3) is 0.500. The van der Waals surface area contributed by atoms with Crippen LogP contribution in [0.3, 0.4) is 0 Å². The number of hydrogen-bond acceptors (Lipinski definition) is 8. The zero-order valence-corrected chi connectivity index (χ0v) is 19.4. The maximum atomic E-state index is 10.6. The van der Waals surface area contributed by atoms with Crippen molar-refractivity contribution in [3.05, 3.63) is 0 Å². The molecule has 0 rings (SSSR count). The number of aliphatic carboxylic acids is 3. The Bertz CT molecular complexity index is 382. The molecule has 0 bridgehead atoms. The third kappa shape index (κ3) is 15.3. The summed E-state index contributed by atoms with van der Waals surface area (Å²) in [6.45, 7) is 0. The van der Waals surface area contributed by atoms with E-state index in [0.717, 1.165) is 0 Å². The van der Waals surface area contributed by atoms with Gasteiger partial charge >= 0.3 is 96.5 Å². The summed E-state index contributed by atoms with van der Waals surface area (Å²) in [5, 5.41) is 31.1. The summed E-state index contributed by atoms with van der Waals surface area (Å²) in [4.78, 5) is 47.9. The molecule has 0 fully saturated rings. The van der Waals surface area contributed by atoms with Crippen LogP contribution in [0.5, 0.6) is 0 Å². The summed E-state index contributed by atoms with van der Waals surface area (Å²) in [6, 6.07) is 0. The molecule has 106 valence electrons. The van der Waals surface area contributed by atoms with E-state index >= 15 is 0 Å². The molecule has 0 unspecified atom stereocenters. The van der Waals surface area contributed by atoms with Crippen LogP contribution in [-0.4, -0.2) is 33.3 Å². The zero-order valence-electron chi connectivity index (χ0n) is 11.4. The monoisotopic (exact) mass is 394 g/mol. The van der Waals surface area contributed by atoms with Gasteiger partial charge in [-0.25, -0.2) is 4.57 Å². The van der Waals surface area contributed by atoms with Gasteiger partial charge in [-0.3, -0.25) is 4.52 Å². The predicted molar refractivity (Wildman–Crippen MR) is 40.1 cm³/mol. The fourth-order valence-electron chi connectivity index (χ4n) is 1.00. The van der Waals surface area contributed by atoms with Crippen LogP contribution in [0.25, 0.3) is 0 Å². The van der Waals surface area contributed by atoms with E-state index in [1.54, 1.807) is 0 Å². The first kappa shape index (κ1) is 34.4. The SMILES string of the molecule is O=C([O-])CC(CC(=O)[O-])(OP(=O)(O)O)C(=O)[O-].[Fe].[Na+].[Na+].[Na+]. The Morgan fingerprint density at radius 2 is 1.24 bits per heavy atom. The van der Waals surface area contributed by atoms with Crippen molar-refractivity contribution in [2.45, 2.75) is 18.4 Å². The molecule has 0 aromatic heterocycles. The van der Waals surface area contributed by atoms with Crippen LogP contribution in [0.4, 0.5) is 0 Å². The topological polar surface area (TPSA) is 187 Å². The van der Waals surface area contributed by atoms with Crippen LogP contribution in [0.15, 0.2) is 0 Å². The predicted octanol–water partition coefficient (Wildman–Crippen LogP) is -14.1. The quantitative estimate of drug-likeness (QED) is 0.310. The Kier molecular flexibility index (Phi) is 23.6. The average Bonchev–Trinajstić information content (AvgIpc) is 1.96. The standard InChI is InChI=1S/C6H9O10P.Fe.3Na/c7-3(8)1-6(5(11)12,2-4(9)10)16-17(13,14)15;;;;/h1-2H2,(H,7,8)(H,9,10)(H,11,12)(H2,13,14,15);;;;/q;;3*+1/p-3. The van der Waals surface area contributed by atoms with Gasteiger partial charge in [-0.05, 0) is 0 Å². The minimum absolute atomic E-state index is 0. The maximum absolute atomic E-state index is 10.6. The first-order valence-corrected chi connectivity index (χ1v) is 5.39. The number of rotatable bonds is 7. The van der Waals surface area contributed by atoms with E-state index in [1.807, 2.05) is 0 Å². The molecule has 0 saturated carbocycles. The van der Waals surface area contributed by atoms with Gasteiger partial charge in [0.2, 0.25) is 0 Å². The van der Waals surface area contributed by atoms with Gasteiger partial charge in [0.25, 0.3) is 0 Å². The molecule has 0 atom stereocenters. The summed E-state index contributed by atoms with van der Waals surface area (Å²) in [5.41, 5.74) is -3.25. The Balaban J connectivity index is -0.000000213. The smallest absolute Gasteiger partial charge is 0.550 e. The van der Waals surface area contributed by atoms with Crippen LogP contribution in [-0.2, 0) is 40.5 Å². The zero-order chi connectivity index (χ0) is 13.9. The van der Waals surface area contributed by atoms with E-state index in [4.69, 9.17) is 9.79 Å². The van der Waals surface area contributed by atoms with Crippen LogP contribution in [0.2, 0.25) is 0 Å². The summed E-state index contributed by atoms with van der Waals surface area (Å²) >= 11 is 0. The summed E-state index contributed by atoms with van der Waals surface area (Å²) in [6.07, 6.45) is -3.23. The molecule has 0 aromatic carbocycles. The average molecular weight is 394 g/mol. The molecule has 15 heteroatoms. The van der Waals surface area contributed by atoms with Gasteiger partial charge in [0, 0.05) is 41.8 Å². The van der Waals surface area contributed by atoms with Gasteiger partial charge in [0.1, 0.15) is 5.60 Å². The van der Waals surface area contributed by atoms with Crippen LogP contribution >= 0.6 is 7.82 Å². The summed E-state index contributed by atoms with van der Waals surface area (Å²) < 4.78 is 14.1. The Labute approximate surface area is 196 Å². The Morgan fingerprint density at radius 3 is 1.38 bits per heavy atom. The third-order valence-corrected chi connectivity index (χ3v) is 2.11. The molecule has 0 aliphatic heterocycles. The van der Waals surface area contributed by atoms with E-state index in [-0.39, 0.29) is 106 Å². The van der Waals surface area contributed by atoms with Gasteiger partial charge in [-0.2, -0.15) is 0 Å². The molecule has 0 heterocycles. The second-order valence-corrected chi connectivity index (χ2v) is 4.12. The van der Waals surface area contributed by atoms with E-state index in [1.165, 1.54) is 0 Å². The van der Waals surface area contributed by atoms with Crippen molar-refractivity contribution in [3.63, 3.8) is 0 Å². The minimum Gasteiger partial charge on any atom is -0.550 e. The van der Waals surface area contributed by atoms with Gasteiger partial charge in [-0.1, -0.05) is 0 Å². The second-order valence-electron chi connectivity index (χ2n) is 2.96. The Hall–Kier alpha value is 2.04. The molecule has 0 aliphatic carbocycles. The fourth-order valence-corrected chi connectivity index (χ4v) is 1.66. The van der Waals surface area contributed by atoms with E-state index < -0.39 is 44.2 Å². The molecule has 0 aromatic rings. The number of carboxylic acid groups (broad SMARTS) is 3. The molecular formula is C6H6FeNa3O10P. The maximum Gasteiger partial charge on any atom is 1.00 e. The first-order valence-electron chi connectivity index (χ1n) is 3.86. The molecule has 0 amide bonds. The number of phosphoric ester groups is 1. The van der Waals surface area contributed by atoms with Crippen molar-refractivity contribution in [3.8, 4) is 0 Å². The van der Waals surface area contributed by atoms with E-state index in [2.05, 4.69) is 4.52 Å². The normalized spacial score (nSPS) is 9.81. The molecule has 0 radical (unpaired) electrons. The number of phosphoric acid groups is 1. The number of carbonyl (C=O) groups is 3. The van der Waals surface area contributed by atoms with Gasteiger partial charge in [-0.15, -0.1) is 0 Å². The summed E-state index contributed by atoms with van der Waals surface area (Å²) in [5.74, 6) is -6.61. The van der Waals surface area contributed by atoms with Crippen molar-refractivity contribution >= 4 is 25.7 Å². The molecule has 0 saturated heterocycles. The van der Waals surface area contributed by atoms with E-state index in [9.17, 15) is 34.3 Å². The van der Waals surface area contributed by atoms with Crippen molar-refractivity contribution in [2.24, 2.45) is 0 Å². The minimum atomic E-state index is -5.46. The van der Waals surface area contributed by atoms with Crippen molar-refractivity contribution in [2.75, 3.05) is 0 Å². The summed E-state index contributed by atoms with van der Waals surface area (Å²) in [7, 11) is -5.46. The molecule has 0 spiro atoms. The number of carboxylic acids is 3. The molecule has 21 heavy (non-hydrogen) atoms. The van der Waals surface area contributed by atoms with Gasteiger partial charge in [0.05, 0.1) is 5.97 Å². The molecule has 0 aliphatic rings.